The molecule has 1 aliphatic carbocycles. The van der Waals surface area contributed by atoms with Crippen molar-refractivity contribution in [2.75, 3.05) is 26.2 Å². The first kappa shape index (κ1) is 32.7. The van der Waals surface area contributed by atoms with Crippen LogP contribution in [0.3, 0.4) is 0 Å². The molecule has 2 aliphatic rings. The van der Waals surface area contributed by atoms with Gasteiger partial charge in [0, 0.05) is 57.6 Å². The molecule has 1 amide bonds. The summed E-state index contributed by atoms with van der Waals surface area (Å²) in [5.41, 5.74) is 2.61. The van der Waals surface area contributed by atoms with Gasteiger partial charge >= 0.3 is 5.69 Å². The fourth-order valence-corrected chi connectivity index (χ4v) is 7.43. The smallest absolute Gasteiger partial charge is 0.337 e. The summed E-state index contributed by atoms with van der Waals surface area (Å²) in [6, 6.07) is 20.3. The van der Waals surface area contributed by atoms with Gasteiger partial charge in [-0.3, -0.25) is 19.1 Å². The van der Waals surface area contributed by atoms with Gasteiger partial charge < -0.3 is 15.0 Å². The zero-order valence-corrected chi connectivity index (χ0v) is 27.7. The Bertz CT molecular complexity index is 2330. The van der Waals surface area contributed by atoms with Gasteiger partial charge in [0.15, 0.2) is 5.65 Å². The van der Waals surface area contributed by atoms with E-state index < -0.39 is 41.2 Å². The lowest BCUT2D eigenvalue weighted by atomic mass is 9.89. The van der Waals surface area contributed by atoms with Crippen molar-refractivity contribution in [1.82, 2.24) is 39.0 Å². The van der Waals surface area contributed by atoms with E-state index in [-0.39, 0.29) is 36.0 Å². The van der Waals surface area contributed by atoms with Crippen LogP contribution in [0.25, 0.3) is 33.5 Å². The van der Waals surface area contributed by atoms with Crippen LogP contribution in [0.5, 0.6) is 0 Å². The normalized spacial score (nSPS) is 19.8. The van der Waals surface area contributed by atoms with Gasteiger partial charge in [-0.2, -0.15) is 0 Å². The monoisotopic (exact) mass is 690 g/mol. The second-order valence-corrected chi connectivity index (χ2v) is 13.2. The standard InChI is InChI=1S/C38H36F2N8O3/c39-25-19-28-35(42-21-25)48(33-10-6-9-27(24-7-2-1-3-8-24)29(33)22-45-17-14-41-15-18-45)38(51)47(37(28)50)26-12-13-31(30(40)20-26)44-36(49)32-23-46-16-5-4-11-34(46)43-32/h1-11,16,19,21,23,26,30-31,41H,12-15,17-18,20,22H2,(H,44,49). The number of alkyl halides is 1. The Morgan fingerprint density at radius 1 is 0.980 bits per heavy atom. The molecule has 2 N–H and O–H groups in total. The van der Waals surface area contributed by atoms with Crippen LogP contribution in [-0.4, -0.2) is 72.7 Å². The quantitative estimate of drug-likeness (QED) is 0.257. The summed E-state index contributed by atoms with van der Waals surface area (Å²) in [7, 11) is 0. The lowest BCUT2D eigenvalue weighted by Crippen LogP contribution is -2.49. The molecule has 8 rings (SSSR count). The summed E-state index contributed by atoms with van der Waals surface area (Å²) >= 11 is 0. The van der Waals surface area contributed by atoms with Gasteiger partial charge in [-0.25, -0.2) is 28.1 Å². The maximum absolute atomic E-state index is 15.9. The van der Waals surface area contributed by atoms with E-state index in [0.29, 0.717) is 17.9 Å². The largest absolute Gasteiger partial charge is 0.345 e. The number of nitrogens with zero attached hydrogens (tertiary/aromatic N) is 6. The molecule has 6 aromatic rings. The number of piperazine rings is 1. The van der Waals surface area contributed by atoms with Crippen molar-refractivity contribution >= 4 is 22.6 Å². The Balaban J connectivity index is 1.19. The van der Waals surface area contributed by atoms with Gasteiger partial charge in [0.25, 0.3) is 11.5 Å². The summed E-state index contributed by atoms with van der Waals surface area (Å²) in [6.07, 6.45) is 2.99. The van der Waals surface area contributed by atoms with Gasteiger partial charge in [-0.05, 0) is 53.8 Å². The number of hydrogen-bond donors (Lipinski definition) is 2. The van der Waals surface area contributed by atoms with Crippen molar-refractivity contribution in [2.24, 2.45) is 0 Å². The van der Waals surface area contributed by atoms with Crippen LogP contribution < -0.4 is 21.9 Å². The topological polar surface area (TPSA) is 119 Å². The number of amides is 1. The van der Waals surface area contributed by atoms with Crippen molar-refractivity contribution in [2.45, 2.75) is 44.1 Å². The third kappa shape index (κ3) is 6.23. The Labute approximate surface area is 291 Å². The molecule has 2 fully saturated rings. The first-order chi connectivity index (χ1) is 24.9. The highest BCUT2D eigenvalue weighted by molar-refractivity contribution is 5.93. The summed E-state index contributed by atoms with van der Waals surface area (Å²) in [4.78, 5) is 52.7. The van der Waals surface area contributed by atoms with E-state index in [0.717, 1.165) is 59.7 Å². The van der Waals surface area contributed by atoms with E-state index in [9.17, 15) is 18.8 Å². The minimum absolute atomic E-state index is 0.0274. The zero-order chi connectivity index (χ0) is 35.1. The number of carbonyl (C=O) groups is 1. The van der Waals surface area contributed by atoms with E-state index in [2.05, 4.69) is 25.5 Å². The molecule has 3 unspecified atom stereocenters. The fraction of sp³-hybridized carbons (Fsp3) is 0.289. The highest BCUT2D eigenvalue weighted by Crippen LogP contribution is 2.32. The highest BCUT2D eigenvalue weighted by Gasteiger charge is 2.35. The highest BCUT2D eigenvalue weighted by atomic mass is 19.1. The number of carbonyl (C=O) groups excluding carboxylic acids is 1. The second kappa shape index (κ2) is 13.6. The lowest BCUT2D eigenvalue weighted by Gasteiger charge is -2.33. The van der Waals surface area contributed by atoms with Gasteiger partial charge in [-0.15, -0.1) is 0 Å². The predicted molar refractivity (Wildman–Crippen MR) is 189 cm³/mol. The third-order valence-corrected chi connectivity index (χ3v) is 9.98. The molecule has 260 valence electrons. The van der Waals surface area contributed by atoms with Crippen molar-refractivity contribution in [3.63, 3.8) is 0 Å². The average molecular weight is 691 g/mol. The molecule has 1 saturated heterocycles. The van der Waals surface area contributed by atoms with Crippen LogP contribution in [0.4, 0.5) is 8.78 Å². The number of nitrogens with one attached hydrogen (secondary N) is 2. The van der Waals surface area contributed by atoms with Gasteiger partial charge in [0.1, 0.15) is 23.3 Å². The first-order valence-electron chi connectivity index (χ1n) is 17.2. The minimum atomic E-state index is -1.56. The van der Waals surface area contributed by atoms with Crippen LogP contribution in [-0.2, 0) is 6.54 Å². The van der Waals surface area contributed by atoms with Crippen LogP contribution in [0.2, 0.25) is 0 Å². The SMILES string of the molecule is O=C(NC1CCC(n2c(=O)c3cc(F)cnc3n(-c3cccc(-c4ccccc4)c3CN3CCNCC3)c2=O)CC1F)c1cn2ccccc2n1. The molecule has 3 atom stereocenters. The van der Waals surface area contributed by atoms with Crippen molar-refractivity contribution in [3.8, 4) is 16.8 Å². The fourth-order valence-electron chi connectivity index (χ4n) is 7.43. The van der Waals surface area contributed by atoms with E-state index in [1.807, 2.05) is 60.7 Å². The lowest BCUT2D eigenvalue weighted by molar-refractivity contribution is 0.0850. The molecule has 51 heavy (non-hydrogen) atoms. The molecule has 11 nitrogen and oxygen atoms in total. The second-order valence-electron chi connectivity index (χ2n) is 13.2. The first-order valence-corrected chi connectivity index (χ1v) is 17.2. The number of benzene rings is 2. The van der Waals surface area contributed by atoms with Gasteiger partial charge in [0.2, 0.25) is 0 Å². The Morgan fingerprint density at radius 3 is 2.57 bits per heavy atom. The molecule has 0 bridgehead atoms. The van der Waals surface area contributed by atoms with E-state index in [4.69, 9.17) is 0 Å². The molecule has 4 aromatic heterocycles. The zero-order valence-electron chi connectivity index (χ0n) is 27.7. The third-order valence-electron chi connectivity index (χ3n) is 9.98. The number of hydrogen-bond acceptors (Lipinski definition) is 7. The summed E-state index contributed by atoms with van der Waals surface area (Å²) in [6.45, 7) is 3.76. The Morgan fingerprint density at radius 2 is 1.78 bits per heavy atom. The van der Waals surface area contributed by atoms with Crippen LogP contribution in [0.15, 0.2) is 101 Å². The molecule has 5 heterocycles. The van der Waals surface area contributed by atoms with Crippen LogP contribution in [0, 0.1) is 5.82 Å². The Hall–Kier alpha value is -5.53. The minimum Gasteiger partial charge on any atom is -0.345 e. The molecular weight excluding hydrogens is 654 g/mol. The molecule has 13 heteroatoms. The number of imidazole rings is 1. The van der Waals surface area contributed by atoms with Crippen LogP contribution >= 0.6 is 0 Å². The molecule has 0 spiro atoms. The maximum Gasteiger partial charge on any atom is 0.337 e. The predicted octanol–water partition coefficient (Wildman–Crippen LogP) is 4.27. The summed E-state index contributed by atoms with van der Waals surface area (Å²) < 4.78 is 34.8. The van der Waals surface area contributed by atoms with Crippen molar-refractivity contribution in [3.05, 3.63) is 129 Å². The van der Waals surface area contributed by atoms with Crippen molar-refractivity contribution in [1.29, 1.82) is 0 Å². The number of rotatable bonds is 7. The number of fused-ring (bicyclic) bond motifs is 2. The number of pyridine rings is 2. The van der Waals surface area contributed by atoms with E-state index in [1.54, 1.807) is 22.9 Å². The average Bonchev–Trinajstić information content (AvgIpc) is 3.59. The Kier molecular flexibility index (Phi) is 8.74. The summed E-state index contributed by atoms with van der Waals surface area (Å²) in [5.74, 6) is -1.23. The molecule has 1 aliphatic heterocycles. The molecule has 2 aromatic carbocycles. The number of aromatic nitrogens is 5. The molecule has 1 saturated carbocycles. The van der Waals surface area contributed by atoms with E-state index >= 15 is 4.39 Å². The summed E-state index contributed by atoms with van der Waals surface area (Å²) in [5, 5.41) is 6.06. The number of halogens is 2. The molecular formula is C38H36F2N8O3. The van der Waals surface area contributed by atoms with Crippen molar-refractivity contribution < 1.29 is 13.6 Å². The van der Waals surface area contributed by atoms with Gasteiger partial charge in [-0.1, -0.05) is 48.5 Å². The van der Waals surface area contributed by atoms with E-state index in [1.165, 1.54) is 4.57 Å². The molecule has 0 radical (unpaired) electrons. The van der Waals surface area contributed by atoms with Crippen LogP contribution in [0.1, 0.15) is 41.4 Å². The maximum atomic E-state index is 15.9. The van der Waals surface area contributed by atoms with Gasteiger partial charge in [0.05, 0.1) is 23.3 Å².